The number of hydrogen-bond acceptors (Lipinski definition) is 3. The number of aldehydes is 1. The van der Waals surface area contributed by atoms with E-state index in [9.17, 15) is 9.59 Å². The molecule has 0 bridgehead atoms. The summed E-state index contributed by atoms with van der Waals surface area (Å²) < 4.78 is 4.67. The van der Waals surface area contributed by atoms with E-state index >= 15 is 0 Å². The lowest BCUT2D eigenvalue weighted by atomic mass is 9.58. The molecule has 0 spiro atoms. The maximum absolute atomic E-state index is 11.2. The normalized spacial score (nSPS) is 27.6. The highest BCUT2D eigenvalue weighted by atomic mass is 16.5. The fraction of sp³-hybridized carbons (Fsp3) is 0.875. The van der Waals surface area contributed by atoms with Crippen molar-refractivity contribution in [2.45, 2.75) is 59.3 Å². The lowest BCUT2D eigenvalue weighted by Crippen LogP contribution is -2.40. The van der Waals surface area contributed by atoms with Crippen molar-refractivity contribution < 1.29 is 14.3 Å². The second-order valence-electron chi connectivity index (χ2n) is 6.55. The monoisotopic (exact) mass is 268 g/mol. The number of methoxy groups -OCH3 is 1. The summed E-state index contributed by atoms with van der Waals surface area (Å²) in [6.07, 6.45) is 6.96. The van der Waals surface area contributed by atoms with Crippen LogP contribution in [0, 0.1) is 23.2 Å². The summed E-state index contributed by atoms with van der Waals surface area (Å²) in [5.74, 6) is 1.20. The zero-order chi connectivity index (χ0) is 14.5. The first-order valence-electron chi connectivity index (χ1n) is 7.45. The van der Waals surface area contributed by atoms with Gasteiger partial charge in [-0.25, -0.2) is 0 Å². The minimum absolute atomic E-state index is 0.0880. The topological polar surface area (TPSA) is 43.4 Å². The predicted octanol–water partition coefficient (Wildman–Crippen LogP) is 3.61. The molecule has 0 heterocycles. The van der Waals surface area contributed by atoms with E-state index in [0.717, 1.165) is 32.0 Å². The van der Waals surface area contributed by atoms with Gasteiger partial charge in [0.25, 0.3) is 0 Å². The van der Waals surface area contributed by atoms with Crippen molar-refractivity contribution in [2.24, 2.45) is 23.2 Å². The molecule has 19 heavy (non-hydrogen) atoms. The maximum atomic E-state index is 11.2. The zero-order valence-electron chi connectivity index (χ0n) is 12.8. The Balaban J connectivity index is 2.52. The van der Waals surface area contributed by atoms with E-state index in [2.05, 4.69) is 25.5 Å². The van der Waals surface area contributed by atoms with Crippen LogP contribution in [-0.2, 0) is 14.3 Å². The summed E-state index contributed by atoms with van der Waals surface area (Å²) in [4.78, 5) is 22.4. The number of hydrogen-bond donors (Lipinski definition) is 0. The lowest BCUT2D eigenvalue weighted by Gasteiger charge is -2.46. The molecule has 110 valence electrons. The smallest absolute Gasteiger partial charge is 0.305 e. The second-order valence-corrected chi connectivity index (χ2v) is 6.55. The molecule has 1 aliphatic rings. The molecule has 0 saturated heterocycles. The molecular formula is C16H28O3. The van der Waals surface area contributed by atoms with Gasteiger partial charge < -0.3 is 9.53 Å². The van der Waals surface area contributed by atoms with E-state index < -0.39 is 0 Å². The van der Waals surface area contributed by atoms with Crippen LogP contribution in [-0.4, -0.2) is 19.4 Å². The molecule has 0 aromatic carbocycles. The van der Waals surface area contributed by atoms with Gasteiger partial charge in [-0.15, -0.1) is 0 Å². The molecule has 1 rings (SSSR count). The quantitative estimate of drug-likeness (QED) is 0.546. The lowest BCUT2D eigenvalue weighted by molar-refractivity contribution is -0.140. The van der Waals surface area contributed by atoms with Gasteiger partial charge in [0.05, 0.1) is 7.11 Å². The third kappa shape index (κ3) is 4.05. The predicted molar refractivity (Wildman–Crippen MR) is 75.7 cm³/mol. The van der Waals surface area contributed by atoms with Crippen LogP contribution < -0.4 is 0 Å². The molecule has 0 radical (unpaired) electrons. The van der Waals surface area contributed by atoms with Crippen LogP contribution in [0.25, 0.3) is 0 Å². The number of carbonyl (C=O) groups excluding carboxylic acids is 2. The molecule has 1 fully saturated rings. The zero-order valence-corrected chi connectivity index (χ0v) is 12.8. The average molecular weight is 268 g/mol. The Morgan fingerprint density at radius 1 is 1.42 bits per heavy atom. The Morgan fingerprint density at radius 3 is 2.68 bits per heavy atom. The van der Waals surface area contributed by atoms with Crippen molar-refractivity contribution in [1.82, 2.24) is 0 Å². The highest BCUT2D eigenvalue weighted by Gasteiger charge is 2.42. The Morgan fingerprint density at radius 2 is 2.11 bits per heavy atom. The van der Waals surface area contributed by atoms with Gasteiger partial charge in [-0.05, 0) is 42.9 Å². The Hall–Kier alpha value is -0.860. The van der Waals surface area contributed by atoms with Crippen LogP contribution in [0.15, 0.2) is 0 Å². The molecule has 3 unspecified atom stereocenters. The van der Waals surface area contributed by atoms with Crippen molar-refractivity contribution in [2.75, 3.05) is 7.11 Å². The molecule has 1 aliphatic carbocycles. The summed E-state index contributed by atoms with van der Waals surface area (Å²) >= 11 is 0. The van der Waals surface area contributed by atoms with Gasteiger partial charge in [-0.3, -0.25) is 4.79 Å². The molecule has 0 aromatic rings. The Kier molecular flexibility index (Phi) is 6.02. The van der Waals surface area contributed by atoms with E-state index in [1.807, 2.05) is 0 Å². The Labute approximate surface area is 117 Å². The Bertz CT molecular complexity index is 309. The fourth-order valence-corrected chi connectivity index (χ4v) is 3.71. The van der Waals surface area contributed by atoms with Crippen LogP contribution in [0.4, 0.5) is 0 Å². The average Bonchev–Trinajstić information content (AvgIpc) is 2.37. The van der Waals surface area contributed by atoms with Gasteiger partial charge in [-0.1, -0.05) is 27.2 Å². The third-order valence-corrected chi connectivity index (χ3v) is 5.06. The molecule has 0 aromatic heterocycles. The van der Waals surface area contributed by atoms with Gasteiger partial charge in [0.1, 0.15) is 6.29 Å². The highest BCUT2D eigenvalue weighted by Crippen LogP contribution is 2.48. The summed E-state index contributed by atoms with van der Waals surface area (Å²) in [6.45, 7) is 6.72. The first-order valence-corrected chi connectivity index (χ1v) is 7.45. The molecule has 0 N–H and O–H groups in total. The van der Waals surface area contributed by atoms with Crippen molar-refractivity contribution in [3.8, 4) is 0 Å². The second kappa shape index (κ2) is 7.06. The van der Waals surface area contributed by atoms with Gasteiger partial charge in [-0.2, -0.15) is 0 Å². The van der Waals surface area contributed by atoms with Crippen LogP contribution in [0.5, 0.6) is 0 Å². The number of carbonyl (C=O) groups is 2. The molecule has 0 aliphatic heterocycles. The molecule has 3 nitrogen and oxygen atoms in total. The van der Waals surface area contributed by atoms with Crippen molar-refractivity contribution in [3.05, 3.63) is 0 Å². The minimum atomic E-state index is -0.124. The molecule has 3 heteroatoms. The van der Waals surface area contributed by atoms with E-state index in [-0.39, 0.29) is 17.3 Å². The van der Waals surface area contributed by atoms with Crippen LogP contribution in [0.2, 0.25) is 0 Å². The number of rotatable bonds is 6. The van der Waals surface area contributed by atoms with E-state index in [1.165, 1.54) is 13.5 Å². The number of ether oxygens (including phenoxy) is 1. The molecule has 1 saturated carbocycles. The van der Waals surface area contributed by atoms with E-state index in [1.54, 1.807) is 0 Å². The van der Waals surface area contributed by atoms with Crippen LogP contribution in [0.1, 0.15) is 59.3 Å². The highest BCUT2D eigenvalue weighted by molar-refractivity contribution is 5.68. The van der Waals surface area contributed by atoms with Gasteiger partial charge >= 0.3 is 5.97 Å². The van der Waals surface area contributed by atoms with Crippen LogP contribution >= 0.6 is 0 Å². The van der Waals surface area contributed by atoms with E-state index in [4.69, 9.17) is 0 Å². The summed E-state index contributed by atoms with van der Waals surface area (Å²) in [6, 6.07) is 0. The summed E-state index contributed by atoms with van der Waals surface area (Å²) in [5.41, 5.74) is 0.0880. The third-order valence-electron chi connectivity index (χ3n) is 5.06. The standard InChI is InChI=1S/C16H28O3/c1-12(7-5-10-15(18)19-4)14-9-6-8-13(11-17)16(14,2)3/h11-14H,5-10H2,1-4H3. The number of esters is 1. The first-order chi connectivity index (χ1) is 8.93. The minimum Gasteiger partial charge on any atom is -0.469 e. The maximum Gasteiger partial charge on any atom is 0.305 e. The first kappa shape index (κ1) is 16.2. The summed E-state index contributed by atoms with van der Waals surface area (Å²) in [7, 11) is 1.44. The molecule has 3 atom stereocenters. The van der Waals surface area contributed by atoms with Gasteiger partial charge in [0.15, 0.2) is 0 Å². The molecular weight excluding hydrogens is 240 g/mol. The van der Waals surface area contributed by atoms with E-state index in [0.29, 0.717) is 18.3 Å². The van der Waals surface area contributed by atoms with Crippen molar-refractivity contribution in [3.63, 3.8) is 0 Å². The largest absolute Gasteiger partial charge is 0.469 e. The van der Waals surface area contributed by atoms with Crippen LogP contribution in [0.3, 0.4) is 0 Å². The van der Waals surface area contributed by atoms with Crippen molar-refractivity contribution >= 4 is 12.3 Å². The van der Waals surface area contributed by atoms with Gasteiger partial charge in [0, 0.05) is 12.3 Å². The summed E-state index contributed by atoms with van der Waals surface area (Å²) in [5, 5.41) is 0. The SMILES string of the molecule is COC(=O)CCCC(C)C1CCCC(C=O)C1(C)C. The van der Waals surface area contributed by atoms with Gasteiger partial charge in [0.2, 0.25) is 0 Å². The van der Waals surface area contributed by atoms with Crippen molar-refractivity contribution in [1.29, 1.82) is 0 Å². The molecule has 0 amide bonds. The fourth-order valence-electron chi connectivity index (χ4n) is 3.71.